The van der Waals surface area contributed by atoms with Gasteiger partial charge in [-0.05, 0) is 13.0 Å². The summed E-state index contributed by atoms with van der Waals surface area (Å²) in [6.45, 7) is 3.00. The molecule has 3 aliphatic heterocycles. The molecule has 5 nitrogen and oxygen atoms in total. The zero-order chi connectivity index (χ0) is 10.2. The van der Waals surface area contributed by atoms with Gasteiger partial charge < -0.3 is 19.3 Å². The number of carboxylic acid groups (broad SMARTS) is 1. The topological polar surface area (TPSA) is 65.0 Å². The Bertz CT molecular complexity index is 258. The fourth-order valence-corrected chi connectivity index (χ4v) is 1.42. The number of hydrogen-bond acceptors (Lipinski definition) is 4. The van der Waals surface area contributed by atoms with Crippen LogP contribution in [-0.4, -0.2) is 42.3 Å². The molecule has 3 heterocycles. The van der Waals surface area contributed by atoms with Gasteiger partial charge in [0.05, 0.1) is 13.2 Å². The summed E-state index contributed by atoms with van der Waals surface area (Å²) in [5.74, 6) is -2.01. The molecule has 3 rings (SSSR count). The van der Waals surface area contributed by atoms with Gasteiger partial charge in [-0.1, -0.05) is 0 Å². The van der Waals surface area contributed by atoms with Crippen LogP contribution in [0.2, 0.25) is 0 Å². The summed E-state index contributed by atoms with van der Waals surface area (Å²) >= 11 is 0. The van der Waals surface area contributed by atoms with Crippen LogP contribution >= 0.6 is 0 Å². The Labute approximate surface area is 81.3 Å². The first-order chi connectivity index (χ1) is 6.54. The Morgan fingerprint density at radius 1 is 1.29 bits per heavy atom. The second kappa shape index (κ2) is 3.05. The largest absolute Gasteiger partial charge is 0.478 e. The number of carboxylic acids is 1. The van der Waals surface area contributed by atoms with Crippen LogP contribution < -0.4 is 0 Å². The van der Waals surface area contributed by atoms with Gasteiger partial charge in [-0.15, -0.1) is 0 Å². The van der Waals surface area contributed by atoms with Crippen LogP contribution in [0.25, 0.3) is 0 Å². The molecule has 3 fully saturated rings. The van der Waals surface area contributed by atoms with Gasteiger partial charge in [0, 0.05) is 6.08 Å². The summed E-state index contributed by atoms with van der Waals surface area (Å²) in [6.07, 6.45) is 2.39. The van der Waals surface area contributed by atoms with E-state index in [2.05, 4.69) is 0 Å². The zero-order valence-electron chi connectivity index (χ0n) is 7.86. The van der Waals surface area contributed by atoms with Crippen molar-refractivity contribution in [1.29, 1.82) is 0 Å². The minimum absolute atomic E-state index is 0.243. The number of fused-ring (bicyclic) bond motifs is 3. The third kappa shape index (κ3) is 1.66. The molecule has 3 saturated heterocycles. The van der Waals surface area contributed by atoms with Gasteiger partial charge in [0.1, 0.15) is 12.2 Å². The molecule has 0 radical (unpaired) electrons. The van der Waals surface area contributed by atoms with E-state index in [9.17, 15) is 4.79 Å². The Kier molecular flexibility index (Phi) is 2.10. The van der Waals surface area contributed by atoms with Crippen LogP contribution in [0.5, 0.6) is 0 Å². The van der Waals surface area contributed by atoms with Crippen molar-refractivity contribution in [3.63, 3.8) is 0 Å². The highest BCUT2D eigenvalue weighted by atomic mass is 16.8. The highest BCUT2D eigenvalue weighted by Crippen LogP contribution is 2.34. The van der Waals surface area contributed by atoms with Crippen molar-refractivity contribution in [2.75, 3.05) is 19.8 Å². The molecule has 1 N–H and O–H groups in total. The van der Waals surface area contributed by atoms with E-state index in [1.54, 1.807) is 0 Å². The molecule has 78 valence electrons. The van der Waals surface area contributed by atoms with Crippen molar-refractivity contribution in [2.24, 2.45) is 0 Å². The van der Waals surface area contributed by atoms with E-state index in [1.165, 1.54) is 6.08 Å². The van der Waals surface area contributed by atoms with E-state index in [1.807, 2.05) is 6.92 Å². The summed E-state index contributed by atoms with van der Waals surface area (Å²) in [5.41, 5.74) is -0.376. The predicted octanol–water partition coefficient (Wildman–Crippen LogP) is 0.159. The molecule has 0 spiro atoms. The Morgan fingerprint density at radius 3 is 2.36 bits per heavy atom. The van der Waals surface area contributed by atoms with E-state index in [4.69, 9.17) is 19.3 Å². The van der Waals surface area contributed by atoms with Gasteiger partial charge in [0.2, 0.25) is 5.79 Å². The lowest BCUT2D eigenvalue weighted by atomic mass is 10.0. The van der Waals surface area contributed by atoms with Gasteiger partial charge in [0.15, 0.2) is 0 Å². The van der Waals surface area contributed by atoms with Gasteiger partial charge >= 0.3 is 5.97 Å². The Morgan fingerprint density at radius 2 is 1.93 bits per heavy atom. The molecule has 2 bridgehead atoms. The summed E-state index contributed by atoms with van der Waals surface area (Å²) in [5, 5.41) is 8.48. The first-order valence-electron chi connectivity index (χ1n) is 4.38. The average molecular weight is 200 g/mol. The smallest absolute Gasteiger partial charge is 0.328 e. The normalized spacial score (nSPS) is 41.8. The molecule has 5 heteroatoms. The number of rotatable bonds is 2. The maximum atomic E-state index is 10.3. The lowest BCUT2D eigenvalue weighted by molar-refractivity contribution is -0.372. The number of carbonyl (C=O) groups is 1. The summed E-state index contributed by atoms with van der Waals surface area (Å²) in [4.78, 5) is 10.3. The molecule has 3 aliphatic rings. The van der Waals surface area contributed by atoms with Crippen molar-refractivity contribution in [2.45, 2.75) is 18.3 Å². The maximum absolute atomic E-state index is 10.3. The molecule has 0 unspecified atom stereocenters. The van der Waals surface area contributed by atoms with E-state index >= 15 is 0 Å². The van der Waals surface area contributed by atoms with Gasteiger partial charge in [-0.2, -0.15) is 0 Å². The number of ether oxygens (including phenoxy) is 3. The Hall–Kier alpha value is -0.910. The second-order valence-corrected chi connectivity index (χ2v) is 3.80. The standard InChI is InChI=1S/C9H12O5/c1-8-4-13-9(6-12-8,14-5-8)3-2-7(10)11/h2-3H,4-6H2,1H3,(H,10,11)/b3-2+. The molecule has 0 atom stereocenters. The predicted molar refractivity (Wildman–Crippen MR) is 45.8 cm³/mol. The SMILES string of the molecule is CC12COC(/C=C/C(=O)O)(CO1)OC2. The van der Waals surface area contributed by atoms with Crippen LogP contribution in [0.4, 0.5) is 0 Å². The van der Waals surface area contributed by atoms with Crippen LogP contribution in [0.15, 0.2) is 12.2 Å². The quantitative estimate of drug-likeness (QED) is 0.643. The maximum Gasteiger partial charge on any atom is 0.328 e. The van der Waals surface area contributed by atoms with Crippen molar-refractivity contribution in [3.05, 3.63) is 12.2 Å². The van der Waals surface area contributed by atoms with E-state index in [-0.39, 0.29) is 12.2 Å². The second-order valence-electron chi connectivity index (χ2n) is 3.80. The monoisotopic (exact) mass is 200 g/mol. The Balaban J connectivity index is 2.08. The highest BCUT2D eigenvalue weighted by Gasteiger charge is 2.48. The van der Waals surface area contributed by atoms with E-state index in [0.29, 0.717) is 13.2 Å². The van der Waals surface area contributed by atoms with Crippen molar-refractivity contribution >= 4 is 5.97 Å². The number of aliphatic carboxylic acids is 1. The molecule has 0 amide bonds. The van der Waals surface area contributed by atoms with Gasteiger partial charge in [0.25, 0.3) is 0 Å². The first-order valence-corrected chi connectivity index (χ1v) is 4.38. The molecular weight excluding hydrogens is 188 g/mol. The van der Waals surface area contributed by atoms with Crippen LogP contribution in [0, 0.1) is 0 Å². The molecule has 0 aromatic carbocycles. The van der Waals surface area contributed by atoms with Crippen LogP contribution in [-0.2, 0) is 19.0 Å². The fraction of sp³-hybridized carbons (Fsp3) is 0.667. The highest BCUT2D eigenvalue weighted by molar-refractivity contribution is 5.79. The average Bonchev–Trinajstić information content (AvgIpc) is 2.17. The van der Waals surface area contributed by atoms with Gasteiger partial charge in [-0.25, -0.2) is 4.79 Å². The molecule has 0 aromatic rings. The number of hydrogen-bond donors (Lipinski definition) is 1. The lowest BCUT2D eigenvalue weighted by Gasteiger charge is -2.49. The van der Waals surface area contributed by atoms with Crippen molar-refractivity contribution < 1.29 is 24.1 Å². The minimum Gasteiger partial charge on any atom is -0.478 e. The molecule has 14 heavy (non-hydrogen) atoms. The fourth-order valence-electron chi connectivity index (χ4n) is 1.42. The minimum atomic E-state index is -1.02. The van der Waals surface area contributed by atoms with Crippen molar-refractivity contribution in [3.8, 4) is 0 Å². The van der Waals surface area contributed by atoms with Gasteiger partial charge in [-0.3, -0.25) is 0 Å². The van der Waals surface area contributed by atoms with E-state index < -0.39 is 11.8 Å². The molecular formula is C9H12O5. The molecule has 0 aliphatic carbocycles. The summed E-state index contributed by atoms with van der Waals surface area (Å²) < 4.78 is 16.3. The lowest BCUT2D eigenvalue weighted by Crippen LogP contribution is -2.61. The third-order valence-corrected chi connectivity index (χ3v) is 2.35. The summed E-state index contributed by atoms with van der Waals surface area (Å²) in [7, 11) is 0. The molecule has 0 saturated carbocycles. The zero-order valence-corrected chi connectivity index (χ0v) is 7.86. The van der Waals surface area contributed by atoms with Crippen LogP contribution in [0.3, 0.4) is 0 Å². The van der Waals surface area contributed by atoms with Crippen LogP contribution in [0.1, 0.15) is 6.92 Å². The van der Waals surface area contributed by atoms with E-state index in [0.717, 1.165) is 6.08 Å². The first kappa shape index (κ1) is 9.64. The van der Waals surface area contributed by atoms with Crippen molar-refractivity contribution in [1.82, 2.24) is 0 Å². The third-order valence-electron chi connectivity index (χ3n) is 2.35. The summed E-state index contributed by atoms with van der Waals surface area (Å²) in [6, 6.07) is 0. The molecule has 0 aromatic heterocycles.